The van der Waals surface area contributed by atoms with Crippen LogP contribution in [0.2, 0.25) is 5.22 Å². The molecular formula is C27H26ClN3O5S. The minimum atomic E-state index is -4.02. The highest BCUT2D eigenvalue weighted by Gasteiger charge is 2.17. The number of piperidine rings is 1. The highest BCUT2D eigenvalue weighted by atomic mass is 35.5. The van der Waals surface area contributed by atoms with Gasteiger partial charge in [0.1, 0.15) is 12.2 Å². The first-order valence-electron chi connectivity index (χ1n) is 11.7. The van der Waals surface area contributed by atoms with E-state index in [1.54, 1.807) is 24.3 Å². The molecule has 192 valence electrons. The van der Waals surface area contributed by atoms with Gasteiger partial charge in [-0.25, -0.2) is 4.98 Å². The maximum absolute atomic E-state index is 10.5. The fraction of sp³-hybridized carbons (Fsp3) is 0.259. The second-order valence-electron chi connectivity index (χ2n) is 8.68. The highest BCUT2D eigenvalue weighted by molar-refractivity contribution is 7.85. The quantitative estimate of drug-likeness (QED) is 0.312. The molecule has 2 aromatic heterocycles. The van der Waals surface area contributed by atoms with Gasteiger partial charge in [-0.05, 0) is 68.7 Å². The van der Waals surface area contributed by atoms with E-state index >= 15 is 0 Å². The second kappa shape index (κ2) is 11.8. The van der Waals surface area contributed by atoms with Crippen molar-refractivity contribution in [3.63, 3.8) is 0 Å². The largest absolute Gasteiger partial charge is 0.473 e. The number of fused-ring (bicyclic) bond motifs is 1. The van der Waals surface area contributed by atoms with Gasteiger partial charge in [-0.3, -0.25) is 4.55 Å². The van der Waals surface area contributed by atoms with E-state index in [0.29, 0.717) is 34.9 Å². The fourth-order valence-electron chi connectivity index (χ4n) is 4.08. The molecule has 0 unspecified atom stereocenters. The van der Waals surface area contributed by atoms with Crippen LogP contribution in [-0.4, -0.2) is 31.0 Å². The Kier molecular flexibility index (Phi) is 8.46. The Hall–Kier alpha value is -3.42. The molecular weight excluding hydrogens is 514 g/mol. The Bertz CT molecular complexity index is 1520. The zero-order valence-corrected chi connectivity index (χ0v) is 21.7. The summed E-state index contributed by atoms with van der Waals surface area (Å²) in [5.41, 5.74) is 3.99. The molecule has 4 aromatic rings. The summed E-state index contributed by atoms with van der Waals surface area (Å²) >= 11 is 5.97. The Balaban J connectivity index is 0.000000245. The standard InChI is InChI=1S/C20H18ClN3O2.C7H8O3S/c21-18-10-16-14(11-22)4-5-15(20(16)26-18)12-25-19-3-1-2-17(24-19)13-6-8-23-9-7-13;1-6-2-4-7(5-3-6)11(8,9)10/h1-5,10,13,23H,6-9,12H2;2-5H,1H3,(H,8,9,10). The summed E-state index contributed by atoms with van der Waals surface area (Å²) in [7, 11) is -4.02. The van der Waals surface area contributed by atoms with Gasteiger partial charge in [0.2, 0.25) is 5.88 Å². The first-order chi connectivity index (χ1) is 17.7. The van der Waals surface area contributed by atoms with Crippen molar-refractivity contribution < 1.29 is 22.1 Å². The minimum absolute atomic E-state index is 0.0666. The number of aryl methyl sites for hydroxylation is 1. The van der Waals surface area contributed by atoms with Crippen LogP contribution in [0.15, 0.2) is 70.0 Å². The van der Waals surface area contributed by atoms with Gasteiger partial charge in [-0.15, -0.1) is 0 Å². The van der Waals surface area contributed by atoms with E-state index in [1.165, 1.54) is 12.1 Å². The number of rotatable bonds is 5. The van der Waals surface area contributed by atoms with Gasteiger partial charge in [0.15, 0.2) is 5.22 Å². The molecule has 0 bridgehead atoms. The number of furan rings is 1. The van der Waals surface area contributed by atoms with E-state index in [0.717, 1.165) is 42.8 Å². The Labute approximate surface area is 220 Å². The molecule has 0 spiro atoms. The lowest BCUT2D eigenvalue weighted by molar-refractivity contribution is 0.291. The molecule has 1 fully saturated rings. The van der Waals surface area contributed by atoms with Crippen LogP contribution in [0.25, 0.3) is 11.0 Å². The average molecular weight is 540 g/mol. The zero-order valence-electron chi connectivity index (χ0n) is 20.1. The molecule has 2 aromatic carbocycles. The Morgan fingerprint density at radius 3 is 2.57 bits per heavy atom. The van der Waals surface area contributed by atoms with Crippen LogP contribution >= 0.6 is 11.6 Å². The third-order valence-electron chi connectivity index (χ3n) is 6.05. The minimum Gasteiger partial charge on any atom is -0.473 e. The van der Waals surface area contributed by atoms with Gasteiger partial charge in [0.25, 0.3) is 10.1 Å². The predicted octanol–water partition coefficient (Wildman–Crippen LogP) is 5.64. The van der Waals surface area contributed by atoms with Crippen LogP contribution in [0.5, 0.6) is 5.88 Å². The molecule has 8 nitrogen and oxygen atoms in total. The summed E-state index contributed by atoms with van der Waals surface area (Å²) in [5.74, 6) is 1.07. The Morgan fingerprint density at radius 1 is 1.16 bits per heavy atom. The first kappa shape index (κ1) is 26.6. The fourth-order valence-corrected chi connectivity index (χ4v) is 4.74. The van der Waals surface area contributed by atoms with Gasteiger partial charge in [0, 0.05) is 34.7 Å². The van der Waals surface area contributed by atoms with Crippen LogP contribution < -0.4 is 10.1 Å². The lowest BCUT2D eigenvalue weighted by atomic mass is 9.94. The lowest BCUT2D eigenvalue weighted by Crippen LogP contribution is -2.27. The normalized spacial score (nSPS) is 14.0. The van der Waals surface area contributed by atoms with Crippen molar-refractivity contribution >= 4 is 32.7 Å². The zero-order chi connectivity index (χ0) is 26.4. The van der Waals surface area contributed by atoms with Gasteiger partial charge in [0.05, 0.1) is 16.5 Å². The van der Waals surface area contributed by atoms with E-state index in [-0.39, 0.29) is 10.1 Å². The summed E-state index contributed by atoms with van der Waals surface area (Å²) in [6.07, 6.45) is 2.19. The molecule has 1 saturated heterocycles. The molecule has 10 heteroatoms. The van der Waals surface area contributed by atoms with E-state index < -0.39 is 10.1 Å². The number of nitriles is 1. The van der Waals surface area contributed by atoms with Crippen molar-refractivity contribution in [2.75, 3.05) is 13.1 Å². The van der Waals surface area contributed by atoms with Crippen LogP contribution in [0, 0.1) is 18.3 Å². The Morgan fingerprint density at radius 2 is 1.89 bits per heavy atom. The smallest absolute Gasteiger partial charge is 0.294 e. The molecule has 3 heterocycles. The summed E-state index contributed by atoms with van der Waals surface area (Å²) in [6.45, 7) is 4.20. The number of nitrogens with zero attached hydrogens (tertiary/aromatic N) is 2. The number of hydrogen-bond acceptors (Lipinski definition) is 7. The topological polar surface area (TPSA) is 125 Å². The molecule has 0 amide bonds. The SMILES string of the molecule is Cc1ccc(S(=O)(=O)O)cc1.N#Cc1ccc(COc2cccc(C3CCNCC3)n2)c2oc(Cl)cc12. The van der Waals surface area contributed by atoms with E-state index in [1.807, 2.05) is 25.1 Å². The maximum Gasteiger partial charge on any atom is 0.294 e. The third kappa shape index (κ3) is 6.87. The van der Waals surface area contributed by atoms with Crippen molar-refractivity contribution in [2.24, 2.45) is 0 Å². The number of pyridine rings is 1. The molecule has 1 aliphatic rings. The predicted molar refractivity (Wildman–Crippen MR) is 140 cm³/mol. The third-order valence-corrected chi connectivity index (χ3v) is 7.11. The van der Waals surface area contributed by atoms with Crippen molar-refractivity contribution in [2.45, 2.75) is 37.2 Å². The monoisotopic (exact) mass is 539 g/mol. The number of halogens is 1. The maximum atomic E-state index is 10.5. The van der Waals surface area contributed by atoms with Crippen molar-refractivity contribution in [3.8, 4) is 11.9 Å². The van der Waals surface area contributed by atoms with Gasteiger partial charge >= 0.3 is 0 Å². The molecule has 1 aliphatic heterocycles. The van der Waals surface area contributed by atoms with Crippen LogP contribution in [0.4, 0.5) is 0 Å². The first-order valence-corrected chi connectivity index (χ1v) is 13.5. The van der Waals surface area contributed by atoms with Gasteiger partial charge in [-0.1, -0.05) is 29.8 Å². The van der Waals surface area contributed by atoms with Crippen LogP contribution in [-0.2, 0) is 16.7 Å². The number of ether oxygens (including phenoxy) is 1. The number of hydrogen-bond donors (Lipinski definition) is 2. The van der Waals surface area contributed by atoms with Gasteiger partial charge < -0.3 is 14.5 Å². The lowest BCUT2D eigenvalue weighted by Gasteiger charge is -2.22. The van der Waals surface area contributed by atoms with Crippen molar-refractivity contribution in [3.05, 3.63) is 88.3 Å². The molecule has 0 radical (unpaired) electrons. The number of benzene rings is 2. The summed E-state index contributed by atoms with van der Waals surface area (Å²) in [6, 6.07) is 19.3. The average Bonchev–Trinajstić information content (AvgIpc) is 3.30. The highest BCUT2D eigenvalue weighted by Crippen LogP contribution is 2.30. The second-order valence-corrected chi connectivity index (χ2v) is 10.5. The van der Waals surface area contributed by atoms with Crippen molar-refractivity contribution in [1.82, 2.24) is 10.3 Å². The molecule has 5 rings (SSSR count). The summed E-state index contributed by atoms with van der Waals surface area (Å²) in [5, 5.41) is 13.6. The molecule has 0 aliphatic carbocycles. The van der Waals surface area contributed by atoms with E-state index in [4.69, 9.17) is 25.3 Å². The summed E-state index contributed by atoms with van der Waals surface area (Å²) < 4.78 is 41.0. The molecule has 2 N–H and O–H groups in total. The van der Waals surface area contributed by atoms with Gasteiger partial charge in [-0.2, -0.15) is 13.7 Å². The summed E-state index contributed by atoms with van der Waals surface area (Å²) in [4.78, 5) is 4.60. The van der Waals surface area contributed by atoms with Crippen LogP contribution in [0.1, 0.15) is 41.1 Å². The molecule has 0 saturated carbocycles. The molecule has 0 atom stereocenters. The van der Waals surface area contributed by atoms with E-state index in [2.05, 4.69) is 22.4 Å². The van der Waals surface area contributed by atoms with E-state index in [9.17, 15) is 13.7 Å². The van der Waals surface area contributed by atoms with Crippen molar-refractivity contribution in [1.29, 1.82) is 5.26 Å². The number of nitrogens with one attached hydrogen (secondary N) is 1. The molecule has 37 heavy (non-hydrogen) atoms. The number of aromatic nitrogens is 1. The van der Waals surface area contributed by atoms with Crippen LogP contribution in [0.3, 0.4) is 0 Å².